The molecule has 0 atom stereocenters. The molecule has 0 unspecified atom stereocenters. The molecular formula is C20H25N3O. The third-order valence-electron chi connectivity index (χ3n) is 4.28. The first-order chi connectivity index (χ1) is 11.7. The van der Waals surface area contributed by atoms with Gasteiger partial charge in [0, 0.05) is 23.0 Å². The average Bonchev–Trinajstić information content (AvgIpc) is 3.28. The maximum atomic E-state index is 5.51. The molecule has 0 aromatic carbocycles. The molecule has 0 amide bonds. The molecule has 24 heavy (non-hydrogen) atoms. The number of unbranched alkanes of at least 4 members (excludes halogenated alkanes) is 2. The number of aromatic nitrogens is 3. The number of hydrogen-bond acceptors (Lipinski definition) is 1. The van der Waals surface area contributed by atoms with Crippen LogP contribution in [0.25, 0.3) is 24.0 Å². The summed E-state index contributed by atoms with van der Waals surface area (Å²) < 4.78 is 5.51. The van der Waals surface area contributed by atoms with Crippen LogP contribution in [0.4, 0.5) is 0 Å². The van der Waals surface area contributed by atoms with E-state index in [4.69, 9.17) is 4.74 Å². The van der Waals surface area contributed by atoms with Gasteiger partial charge >= 0.3 is 0 Å². The van der Waals surface area contributed by atoms with E-state index in [1.807, 2.05) is 24.4 Å². The number of nitrogens with one attached hydrogen (secondary N) is 3. The monoisotopic (exact) mass is 323 g/mol. The van der Waals surface area contributed by atoms with Gasteiger partial charge in [-0.05, 0) is 42.7 Å². The van der Waals surface area contributed by atoms with Crippen molar-refractivity contribution in [3.05, 3.63) is 52.4 Å². The summed E-state index contributed by atoms with van der Waals surface area (Å²) in [5.41, 5.74) is 4.29. The smallest absolute Gasteiger partial charge is 0.144 e. The summed E-state index contributed by atoms with van der Waals surface area (Å²) in [7, 11) is 1.69. The first-order valence-electron chi connectivity index (χ1n) is 8.50. The largest absolute Gasteiger partial charge is 0.494 e. The van der Waals surface area contributed by atoms with Crippen LogP contribution >= 0.6 is 0 Å². The van der Waals surface area contributed by atoms with E-state index in [2.05, 4.69) is 40.6 Å². The third kappa shape index (κ3) is 3.48. The van der Waals surface area contributed by atoms with Crippen molar-refractivity contribution in [3.63, 3.8) is 0 Å². The lowest BCUT2D eigenvalue weighted by Gasteiger charge is -1.95. The number of aromatic amines is 3. The molecule has 0 radical (unpaired) electrons. The highest BCUT2D eigenvalue weighted by Crippen LogP contribution is 2.26. The predicted molar refractivity (Wildman–Crippen MR) is 99.5 cm³/mol. The van der Waals surface area contributed by atoms with E-state index in [-0.39, 0.29) is 0 Å². The molecule has 4 heteroatoms. The molecule has 0 spiro atoms. The van der Waals surface area contributed by atoms with Gasteiger partial charge in [0.2, 0.25) is 0 Å². The Morgan fingerprint density at radius 2 is 2.04 bits per heavy atom. The second kappa shape index (κ2) is 7.30. The zero-order chi connectivity index (χ0) is 16.9. The van der Waals surface area contributed by atoms with Crippen LogP contribution in [0.2, 0.25) is 0 Å². The summed E-state index contributed by atoms with van der Waals surface area (Å²) in [6.45, 7) is 6.35. The fraction of sp³-hybridized carbons (Fsp3) is 0.300. The van der Waals surface area contributed by atoms with Crippen molar-refractivity contribution in [2.24, 2.45) is 0 Å². The van der Waals surface area contributed by atoms with Crippen LogP contribution in [0.1, 0.15) is 37.4 Å². The first kappa shape index (κ1) is 16.2. The van der Waals surface area contributed by atoms with Crippen LogP contribution < -0.4 is 15.4 Å². The van der Waals surface area contributed by atoms with Gasteiger partial charge in [0.25, 0.3) is 0 Å². The fourth-order valence-electron chi connectivity index (χ4n) is 2.96. The number of methoxy groups -OCH3 is 1. The summed E-state index contributed by atoms with van der Waals surface area (Å²) in [5.74, 6) is 0.826. The number of aryl methyl sites for hydroxylation is 1. The zero-order valence-corrected chi connectivity index (χ0v) is 14.4. The molecular weight excluding hydrogens is 298 g/mol. The van der Waals surface area contributed by atoms with Gasteiger partial charge in [-0.2, -0.15) is 0 Å². The van der Waals surface area contributed by atoms with E-state index in [1.165, 1.54) is 24.8 Å². The summed E-state index contributed by atoms with van der Waals surface area (Å²) in [4.78, 5) is 9.98. The SMILES string of the molecule is C=c1[nH]/c(=C/c2[nH]c(-c3ccc[nH]3)cc2OC)cc1CCCCC. The van der Waals surface area contributed by atoms with E-state index >= 15 is 0 Å². The number of ether oxygens (including phenoxy) is 1. The van der Waals surface area contributed by atoms with E-state index in [9.17, 15) is 0 Å². The predicted octanol–water partition coefficient (Wildman–Crippen LogP) is 3.32. The molecule has 0 fully saturated rings. The van der Waals surface area contributed by atoms with Crippen molar-refractivity contribution < 1.29 is 4.74 Å². The van der Waals surface area contributed by atoms with Crippen molar-refractivity contribution in [2.45, 2.75) is 32.6 Å². The molecule has 126 valence electrons. The topological polar surface area (TPSA) is 56.6 Å². The lowest BCUT2D eigenvalue weighted by atomic mass is 10.1. The van der Waals surface area contributed by atoms with E-state index in [0.717, 1.165) is 40.0 Å². The highest BCUT2D eigenvalue weighted by Gasteiger charge is 2.09. The minimum atomic E-state index is 0.826. The molecule has 0 aliphatic rings. The fourth-order valence-corrected chi connectivity index (χ4v) is 2.96. The number of rotatable bonds is 7. The Morgan fingerprint density at radius 3 is 2.75 bits per heavy atom. The molecule has 3 N–H and O–H groups in total. The van der Waals surface area contributed by atoms with Gasteiger partial charge in [-0.25, -0.2) is 0 Å². The van der Waals surface area contributed by atoms with Crippen molar-refractivity contribution in [2.75, 3.05) is 7.11 Å². The highest BCUT2D eigenvalue weighted by molar-refractivity contribution is 5.65. The Bertz CT molecular complexity index is 884. The van der Waals surface area contributed by atoms with Crippen molar-refractivity contribution in [3.8, 4) is 17.1 Å². The lowest BCUT2D eigenvalue weighted by Crippen LogP contribution is -2.09. The van der Waals surface area contributed by atoms with Crippen LogP contribution in [-0.4, -0.2) is 22.1 Å². The van der Waals surface area contributed by atoms with Crippen LogP contribution in [0.5, 0.6) is 5.75 Å². The van der Waals surface area contributed by atoms with E-state index in [1.54, 1.807) is 7.11 Å². The summed E-state index contributed by atoms with van der Waals surface area (Å²) in [5, 5.41) is 2.05. The average molecular weight is 323 g/mol. The summed E-state index contributed by atoms with van der Waals surface area (Å²) in [6, 6.07) is 8.21. The minimum absolute atomic E-state index is 0.826. The summed E-state index contributed by atoms with van der Waals surface area (Å²) >= 11 is 0. The molecule has 0 aliphatic carbocycles. The van der Waals surface area contributed by atoms with E-state index in [0.29, 0.717) is 0 Å². The Labute approximate surface area is 142 Å². The molecule has 0 bridgehead atoms. The van der Waals surface area contributed by atoms with Gasteiger partial charge in [-0.3, -0.25) is 0 Å². The van der Waals surface area contributed by atoms with Gasteiger partial charge in [-0.15, -0.1) is 0 Å². The van der Waals surface area contributed by atoms with Crippen LogP contribution in [-0.2, 0) is 6.42 Å². The maximum Gasteiger partial charge on any atom is 0.144 e. The van der Waals surface area contributed by atoms with Gasteiger partial charge in [-0.1, -0.05) is 26.3 Å². The molecule has 3 aromatic heterocycles. The molecule has 3 rings (SSSR count). The Balaban J connectivity index is 1.91. The second-order valence-electron chi connectivity index (χ2n) is 6.08. The molecule has 3 heterocycles. The lowest BCUT2D eigenvalue weighted by molar-refractivity contribution is 0.414. The molecule has 0 aliphatic heterocycles. The van der Waals surface area contributed by atoms with Crippen molar-refractivity contribution >= 4 is 12.7 Å². The van der Waals surface area contributed by atoms with Gasteiger partial charge in [0.05, 0.1) is 24.2 Å². The third-order valence-corrected chi connectivity index (χ3v) is 4.28. The Morgan fingerprint density at radius 1 is 1.17 bits per heavy atom. The van der Waals surface area contributed by atoms with Gasteiger partial charge in [0.1, 0.15) is 5.75 Å². The quantitative estimate of drug-likeness (QED) is 0.574. The normalized spacial score (nSPS) is 12.0. The molecule has 4 nitrogen and oxygen atoms in total. The molecule has 0 saturated heterocycles. The van der Waals surface area contributed by atoms with Crippen LogP contribution in [0.3, 0.4) is 0 Å². The Kier molecular flexibility index (Phi) is 4.94. The highest BCUT2D eigenvalue weighted by atomic mass is 16.5. The number of H-pyrrole nitrogens is 3. The first-order valence-corrected chi connectivity index (χ1v) is 8.50. The summed E-state index contributed by atoms with van der Waals surface area (Å²) in [6.07, 6.45) is 8.76. The van der Waals surface area contributed by atoms with Crippen LogP contribution in [0, 0.1) is 0 Å². The van der Waals surface area contributed by atoms with Crippen molar-refractivity contribution in [1.29, 1.82) is 0 Å². The van der Waals surface area contributed by atoms with Gasteiger partial charge < -0.3 is 19.7 Å². The molecule has 0 saturated carbocycles. The maximum absolute atomic E-state index is 5.51. The molecule has 3 aromatic rings. The zero-order valence-electron chi connectivity index (χ0n) is 14.4. The van der Waals surface area contributed by atoms with E-state index < -0.39 is 0 Å². The van der Waals surface area contributed by atoms with Crippen LogP contribution in [0.15, 0.2) is 30.5 Å². The number of hydrogen-bond donors (Lipinski definition) is 3. The minimum Gasteiger partial charge on any atom is -0.494 e. The standard InChI is InChI=1S/C20H25N3O/c1-4-5-6-8-15-11-16(22-14(15)2)12-19-20(24-3)13-18(23-19)17-9-7-10-21-17/h7,9-13,21-23H,2,4-6,8H2,1,3H3/b16-12+. The second-order valence-corrected chi connectivity index (χ2v) is 6.08. The van der Waals surface area contributed by atoms with Crippen molar-refractivity contribution in [1.82, 2.24) is 15.0 Å². The van der Waals surface area contributed by atoms with Gasteiger partial charge in [0.15, 0.2) is 0 Å². The Hall–Kier alpha value is -2.62.